The number of aliphatic hydroxyl groups is 4. The summed E-state index contributed by atoms with van der Waals surface area (Å²) in [5.41, 5.74) is 1.19. The molecule has 0 aromatic heterocycles. The van der Waals surface area contributed by atoms with Crippen LogP contribution in [0.3, 0.4) is 0 Å². The number of hydrogen-bond donors (Lipinski definition) is 5. The first kappa shape index (κ1) is 22.7. The molecule has 166 valence electrons. The van der Waals surface area contributed by atoms with Gasteiger partial charge in [0.15, 0.2) is 0 Å². The van der Waals surface area contributed by atoms with Crippen molar-refractivity contribution < 1.29 is 44.5 Å². The Bertz CT molecular complexity index is 894. The zero-order chi connectivity index (χ0) is 22.4. The zero-order valence-corrected chi connectivity index (χ0v) is 16.4. The lowest BCUT2D eigenvalue weighted by molar-refractivity contribution is -0.277. The molecule has 1 aliphatic rings. The first-order valence-electron chi connectivity index (χ1n) is 9.58. The number of hydrogen-bond acceptors (Lipinski definition) is 9. The number of esters is 1. The Morgan fingerprint density at radius 2 is 1.71 bits per heavy atom. The molecule has 9 nitrogen and oxygen atoms in total. The number of aliphatic hydroxyl groups excluding tert-OH is 4. The van der Waals surface area contributed by atoms with Gasteiger partial charge in [-0.05, 0) is 29.8 Å². The second kappa shape index (κ2) is 10.4. The third-order valence-corrected chi connectivity index (χ3v) is 4.74. The highest BCUT2D eigenvalue weighted by atomic mass is 16.7. The van der Waals surface area contributed by atoms with Crippen LogP contribution in [0, 0.1) is 0 Å². The van der Waals surface area contributed by atoms with Gasteiger partial charge in [0, 0.05) is 11.6 Å². The molecular formula is C22H24O9. The summed E-state index contributed by atoms with van der Waals surface area (Å²) < 4.78 is 16.2. The predicted octanol–water partition coefficient (Wildman–Crippen LogP) is 0.327. The molecule has 5 atom stereocenters. The summed E-state index contributed by atoms with van der Waals surface area (Å²) in [6.45, 7) is -0.705. The van der Waals surface area contributed by atoms with E-state index in [0.29, 0.717) is 11.1 Å². The fraction of sp³-hybridized carbons (Fsp3) is 0.318. The number of benzene rings is 2. The minimum atomic E-state index is -1.56. The van der Waals surface area contributed by atoms with Gasteiger partial charge in [-0.2, -0.15) is 0 Å². The highest BCUT2D eigenvalue weighted by Crippen LogP contribution is 2.27. The van der Waals surface area contributed by atoms with Crippen molar-refractivity contribution in [3.8, 4) is 11.5 Å². The number of para-hydroxylation sites is 1. The van der Waals surface area contributed by atoms with Crippen LogP contribution < -0.4 is 4.74 Å². The van der Waals surface area contributed by atoms with E-state index in [4.69, 9.17) is 14.2 Å². The zero-order valence-electron chi connectivity index (χ0n) is 16.4. The normalized spacial score (nSPS) is 26.0. The van der Waals surface area contributed by atoms with Crippen molar-refractivity contribution in [1.82, 2.24) is 0 Å². The van der Waals surface area contributed by atoms with Gasteiger partial charge < -0.3 is 39.7 Å². The van der Waals surface area contributed by atoms with Gasteiger partial charge in [-0.3, -0.25) is 0 Å². The highest BCUT2D eigenvalue weighted by Gasteiger charge is 2.44. The van der Waals surface area contributed by atoms with E-state index in [9.17, 15) is 30.3 Å². The summed E-state index contributed by atoms with van der Waals surface area (Å²) in [4.78, 5) is 12.0. The smallest absolute Gasteiger partial charge is 0.331 e. The van der Waals surface area contributed by atoms with E-state index in [1.807, 2.05) is 0 Å². The van der Waals surface area contributed by atoms with Crippen molar-refractivity contribution in [3.63, 3.8) is 0 Å². The van der Waals surface area contributed by atoms with E-state index >= 15 is 0 Å². The van der Waals surface area contributed by atoms with Crippen molar-refractivity contribution in [2.75, 3.05) is 6.61 Å². The average molecular weight is 432 g/mol. The fourth-order valence-corrected chi connectivity index (χ4v) is 2.97. The Morgan fingerprint density at radius 1 is 1.00 bits per heavy atom. The first-order chi connectivity index (χ1) is 14.9. The summed E-state index contributed by atoms with van der Waals surface area (Å²) in [7, 11) is 0. The second-order valence-corrected chi connectivity index (χ2v) is 6.96. The maximum Gasteiger partial charge on any atom is 0.331 e. The van der Waals surface area contributed by atoms with E-state index in [0.717, 1.165) is 0 Å². The number of phenolic OH excluding ortho intramolecular Hbond substituents is 1. The topological polar surface area (TPSA) is 146 Å². The number of carbonyl (C=O) groups is 1. The molecule has 31 heavy (non-hydrogen) atoms. The van der Waals surface area contributed by atoms with Crippen LogP contribution in [0.2, 0.25) is 0 Å². The van der Waals surface area contributed by atoms with E-state index in [1.54, 1.807) is 36.4 Å². The van der Waals surface area contributed by atoms with Crippen molar-refractivity contribution >= 4 is 12.0 Å². The van der Waals surface area contributed by atoms with Crippen molar-refractivity contribution in [2.24, 2.45) is 0 Å². The van der Waals surface area contributed by atoms with Gasteiger partial charge in [0.1, 0.15) is 42.5 Å². The minimum Gasteiger partial charge on any atom is -0.508 e. The Balaban J connectivity index is 1.62. The Kier molecular flexibility index (Phi) is 7.61. The van der Waals surface area contributed by atoms with Crippen LogP contribution in [-0.4, -0.2) is 68.8 Å². The first-order valence-corrected chi connectivity index (χ1v) is 9.58. The number of ether oxygens (including phenoxy) is 3. The SMILES string of the molecule is O=C(C=Cc1ccc(O)cc1)OCc1ccccc1OC1OC(CO)C(O)C(O)C1O. The molecule has 0 aliphatic carbocycles. The van der Waals surface area contributed by atoms with E-state index < -0.39 is 43.3 Å². The van der Waals surface area contributed by atoms with Crippen LogP contribution >= 0.6 is 0 Å². The third kappa shape index (κ3) is 5.81. The number of phenols is 1. The van der Waals surface area contributed by atoms with Crippen LogP contribution in [0.15, 0.2) is 54.6 Å². The maximum absolute atomic E-state index is 12.0. The summed E-state index contributed by atoms with van der Waals surface area (Å²) >= 11 is 0. The molecule has 1 heterocycles. The van der Waals surface area contributed by atoms with E-state index in [-0.39, 0.29) is 18.1 Å². The summed E-state index contributed by atoms with van der Waals surface area (Å²) in [5, 5.41) is 48.4. The Hall–Kier alpha value is -2.95. The lowest BCUT2D eigenvalue weighted by Gasteiger charge is -2.39. The minimum absolute atomic E-state index is 0.121. The summed E-state index contributed by atoms with van der Waals surface area (Å²) in [6, 6.07) is 12.9. The molecule has 1 aliphatic heterocycles. The standard InChI is InChI=1S/C22H24O9/c23-11-17-19(26)20(27)21(28)22(31-17)30-16-4-2-1-3-14(16)12-29-18(25)10-7-13-5-8-15(24)9-6-13/h1-10,17,19-24,26-28H,11-12H2. The van der Waals surface area contributed by atoms with Crippen molar-refractivity contribution in [1.29, 1.82) is 0 Å². The average Bonchev–Trinajstić information content (AvgIpc) is 2.78. The van der Waals surface area contributed by atoms with Gasteiger partial charge in [-0.15, -0.1) is 0 Å². The monoisotopic (exact) mass is 432 g/mol. The van der Waals surface area contributed by atoms with E-state index in [1.165, 1.54) is 24.3 Å². The molecule has 1 saturated heterocycles. The molecule has 5 N–H and O–H groups in total. The summed E-state index contributed by atoms with van der Waals surface area (Å²) in [6.07, 6.45) is -4.27. The number of carbonyl (C=O) groups excluding carboxylic acids is 1. The third-order valence-electron chi connectivity index (χ3n) is 4.74. The van der Waals surface area contributed by atoms with Gasteiger partial charge in [-0.1, -0.05) is 30.3 Å². The number of aromatic hydroxyl groups is 1. The molecule has 0 spiro atoms. The quantitative estimate of drug-likeness (QED) is 0.308. The van der Waals surface area contributed by atoms with Crippen LogP contribution in [0.1, 0.15) is 11.1 Å². The van der Waals surface area contributed by atoms with Gasteiger partial charge >= 0.3 is 5.97 Å². The van der Waals surface area contributed by atoms with Gasteiger partial charge in [0.2, 0.25) is 6.29 Å². The van der Waals surface area contributed by atoms with Gasteiger partial charge in [0.05, 0.1) is 6.61 Å². The van der Waals surface area contributed by atoms with Crippen LogP contribution in [-0.2, 0) is 20.9 Å². The van der Waals surface area contributed by atoms with Gasteiger partial charge in [0.25, 0.3) is 0 Å². The summed E-state index contributed by atoms with van der Waals surface area (Å²) in [5.74, 6) is -0.242. The second-order valence-electron chi connectivity index (χ2n) is 6.96. The molecule has 1 fully saturated rings. The Morgan fingerprint density at radius 3 is 2.42 bits per heavy atom. The fourth-order valence-electron chi connectivity index (χ4n) is 2.97. The molecule has 0 radical (unpaired) electrons. The van der Waals surface area contributed by atoms with Crippen molar-refractivity contribution in [3.05, 3.63) is 65.7 Å². The molecule has 3 rings (SSSR count). The van der Waals surface area contributed by atoms with E-state index in [2.05, 4.69) is 0 Å². The predicted molar refractivity (Wildman–Crippen MR) is 108 cm³/mol. The molecule has 2 aromatic carbocycles. The molecular weight excluding hydrogens is 408 g/mol. The van der Waals surface area contributed by atoms with Crippen LogP contribution in [0.4, 0.5) is 0 Å². The lowest BCUT2D eigenvalue weighted by Crippen LogP contribution is -2.60. The maximum atomic E-state index is 12.0. The molecule has 2 aromatic rings. The van der Waals surface area contributed by atoms with Crippen LogP contribution in [0.25, 0.3) is 6.08 Å². The molecule has 0 amide bonds. The Labute approximate surface area is 178 Å². The number of rotatable bonds is 7. The largest absolute Gasteiger partial charge is 0.508 e. The molecule has 0 saturated carbocycles. The lowest BCUT2D eigenvalue weighted by atomic mass is 9.99. The van der Waals surface area contributed by atoms with Crippen LogP contribution in [0.5, 0.6) is 11.5 Å². The highest BCUT2D eigenvalue weighted by molar-refractivity contribution is 5.87. The van der Waals surface area contributed by atoms with Gasteiger partial charge in [-0.25, -0.2) is 4.79 Å². The van der Waals surface area contributed by atoms with Crippen molar-refractivity contribution in [2.45, 2.75) is 37.3 Å². The molecule has 5 unspecified atom stereocenters. The molecule has 9 heteroatoms. The molecule has 0 bridgehead atoms.